The summed E-state index contributed by atoms with van der Waals surface area (Å²) in [5.41, 5.74) is 0. The minimum absolute atomic E-state index is 0.328. The van der Waals surface area contributed by atoms with Gasteiger partial charge >= 0.3 is 0 Å². The summed E-state index contributed by atoms with van der Waals surface area (Å²) in [5.74, 6) is 1.11. The van der Waals surface area contributed by atoms with Gasteiger partial charge in [-0.3, -0.25) is 0 Å². The largest absolute Gasteiger partial charge is 0.439 e. The van der Waals surface area contributed by atoms with Crippen LogP contribution < -0.4 is 4.74 Å². The fourth-order valence-corrected chi connectivity index (χ4v) is 2.04. The highest BCUT2D eigenvalue weighted by Crippen LogP contribution is 2.26. The van der Waals surface area contributed by atoms with E-state index in [4.69, 9.17) is 16.3 Å². The quantitative estimate of drug-likeness (QED) is 0.748. The van der Waals surface area contributed by atoms with E-state index in [1.54, 1.807) is 0 Å². The van der Waals surface area contributed by atoms with Gasteiger partial charge in [0.05, 0.1) is 4.47 Å². The van der Waals surface area contributed by atoms with Crippen LogP contribution in [0.5, 0.6) is 11.6 Å². The molecule has 0 spiro atoms. The highest BCUT2D eigenvalue weighted by Gasteiger charge is 2.07. The van der Waals surface area contributed by atoms with Crippen LogP contribution in [0.25, 0.3) is 0 Å². The molecule has 3 nitrogen and oxygen atoms in total. The van der Waals surface area contributed by atoms with Crippen LogP contribution in [0.2, 0.25) is 5.15 Å². The summed E-state index contributed by atoms with van der Waals surface area (Å²) >= 11 is 9.01. The van der Waals surface area contributed by atoms with E-state index >= 15 is 0 Å². The van der Waals surface area contributed by atoms with E-state index in [-0.39, 0.29) is 5.82 Å². The Kier molecular flexibility index (Phi) is 4.71. The Balaban J connectivity index is 2.24. The lowest BCUT2D eigenvalue weighted by Gasteiger charge is -2.07. The molecule has 0 bridgehead atoms. The van der Waals surface area contributed by atoms with Gasteiger partial charge in [0.25, 0.3) is 0 Å². The van der Waals surface area contributed by atoms with E-state index in [1.807, 2.05) is 6.92 Å². The Morgan fingerprint density at radius 2 is 2.11 bits per heavy atom. The highest BCUT2D eigenvalue weighted by atomic mass is 79.9. The van der Waals surface area contributed by atoms with Crippen LogP contribution in [0.15, 0.2) is 28.7 Å². The Hall–Kier alpha value is -1.20. The molecule has 19 heavy (non-hydrogen) atoms. The van der Waals surface area contributed by atoms with Crippen LogP contribution in [-0.2, 0) is 6.42 Å². The minimum Gasteiger partial charge on any atom is -0.439 e. The second-order valence-electron chi connectivity index (χ2n) is 3.87. The Labute approximate surface area is 123 Å². The van der Waals surface area contributed by atoms with Crippen LogP contribution in [0.3, 0.4) is 0 Å². The number of halogens is 3. The monoisotopic (exact) mass is 344 g/mol. The number of ether oxygens (including phenoxy) is 1. The van der Waals surface area contributed by atoms with Crippen molar-refractivity contribution in [2.24, 2.45) is 0 Å². The molecule has 100 valence electrons. The first kappa shape index (κ1) is 14.2. The standard InChI is InChI=1S/C13H11BrClFN2O/c1-2-3-12-17-11(15)7-13(18-12)19-8-4-5-10(16)9(14)6-8/h4-7H,2-3H2,1H3. The molecule has 2 rings (SSSR count). The number of nitrogens with zero attached hydrogens (tertiary/aromatic N) is 2. The van der Waals surface area contributed by atoms with Gasteiger partial charge in [-0.2, -0.15) is 4.98 Å². The summed E-state index contributed by atoms with van der Waals surface area (Å²) in [7, 11) is 0. The van der Waals surface area contributed by atoms with Gasteiger partial charge in [0.15, 0.2) is 0 Å². The van der Waals surface area contributed by atoms with Crippen molar-refractivity contribution in [2.45, 2.75) is 19.8 Å². The van der Waals surface area contributed by atoms with Crippen molar-refractivity contribution in [3.63, 3.8) is 0 Å². The first-order valence-corrected chi connectivity index (χ1v) is 6.92. The Morgan fingerprint density at radius 3 is 2.79 bits per heavy atom. The lowest BCUT2D eigenvalue weighted by molar-refractivity contribution is 0.456. The van der Waals surface area contributed by atoms with E-state index in [0.717, 1.165) is 12.8 Å². The third kappa shape index (κ3) is 3.88. The molecule has 0 aliphatic rings. The average molecular weight is 346 g/mol. The smallest absolute Gasteiger partial charge is 0.224 e. The molecule has 1 aromatic carbocycles. The summed E-state index contributed by atoms with van der Waals surface area (Å²) < 4.78 is 19.0. The normalized spacial score (nSPS) is 10.5. The Morgan fingerprint density at radius 1 is 1.32 bits per heavy atom. The lowest BCUT2D eigenvalue weighted by Crippen LogP contribution is -1.97. The number of hydrogen-bond acceptors (Lipinski definition) is 3. The third-order valence-electron chi connectivity index (χ3n) is 2.30. The van der Waals surface area contributed by atoms with Crippen LogP contribution >= 0.6 is 27.5 Å². The first-order valence-electron chi connectivity index (χ1n) is 5.75. The predicted molar refractivity (Wildman–Crippen MR) is 75.2 cm³/mol. The van der Waals surface area contributed by atoms with E-state index in [2.05, 4.69) is 25.9 Å². The predicted octanol–water partition coefficient (Wildman–Crippen LogP) is 4.78. The zero-order valence-corrected chi connectivity index (χ0v) is 12.5. The molecule has 0 aliphatic carbocycles. The average Bonchev–Trinajstić information content (AvgIpc) is 2.33. The van der Waals surface area contributed by atoms with Gasteiger partial charge in [-0.1, -0.05) is 18.5 Å². The van der Waals surface area contributed by atoms with Crippen molar-refractivity contribution in [2.75, 3.05) is 0 Å². The first-order chi connectivity index (χ1) is 9.08. The molecule has 0 fully saturated rings. The van der Waals surface area contributed by atoms with Crippen molar-refractivity contribution in [1.29, 1.82) is 0 Å². The van der Waals surface area contributed by atoms with E-state index in [0.29, 0.717) is 27.1 Å². The fourth-order valence-electron chi connectivity index (χ4n) is 1.49. The molecule has 0 saturated heterocycles. The molecule has 0 unspecified atom stereocenters. The Bertz CT molecular complexity index is 595. The topological polar surface area (TPSA) is 35.0 Å². The molecule has 1 aromatic heterocycles. The highest BCUT2D eigenvalue weighted by molar-refractivity contribution is 9.10. The van der Waals surface area contributed by atoms with Crippen molar-refractivity contribution >= 4 is 27.5 Å². The number of hydrogen-bond donors (Lipinski definition) is 0. The lowest BCUT2D eigenvalue weighted by atomic mass is 10.3. The van der Waals surface area contributed by atoms with Crippen LogP contribution in [-0.4, -0.2) is 9.97 Å². The minimum atomic E-state index is -0.347. The SMILES string of the molecule is CCCc1nc(Cl)cc(Oc2ccc(F)c(Br)c2)n1. The second kappa shape index (κ2) is 6.30. The molecule has 6 heteroatoms. The molecule has 0 N–H and O–H groups in total. The summed E-state index contributed by atoms with van der Waals surface area (Å²) in [6, 6.07) is 5.90. The van der Waals surface area contributed by atoms with Crippen LogP contribution in [0.4, 0.5) is 4.39 Å². The zero-order chi connectivity index (χ0) is 13.8. The maximum absolute atomic E-state index is 13.1. The molecule has 0 saturated carbocycles. The fraction of sp³-hybridized carbons (Fsp3) is 0.231. The molecule has 0 radical (unpaired) electrons. The molecule has 0 amide bonds. The van der Waals surface area contributed by atoms with Gasteiger partial charge < -0.3 is 4.74 Å². The van der Waals surface area contributed by atoms with E-state index in [9.17, 15) is 4.39 Å². The summed E-state index contributed by atoms with van der Waals surface area (Å²) in [5, 5.41) is 0.328. The second-order valence-corrected chi connectivity index (χ2v) is 5.11. The van der Waals surface area contributed by atoms with Gasteiger partial charge in [-0.25, -0.2) is 9.37 Å². The summed E-state index contributed by atoms with van der Waals surface area (Å²) in [4.78, 5) is 8.35. The van der Waals surface area contributed by atoms with E-state index < -0.39 is 0 Å². The van der Waals surface area contributed by atoms with Crippen LogP contribution in [0, 0.1) is 5.82 Å². The van der Waals surface area contributed by atoms with Gasteiger partial charge in [-0.15, -0.1) is 0 Å². The molecule has 2 aromatic rings. The third-order valence-corrected chi connectivity index (χ3v) is 3.11. The van der Waals surface area contributed by atoms with Crippen LogP contribution in [0.1, 0.15) is 19.2 Å². The number of rotatable bonds is 4. The van der Waals surface area contributed by atoms with Gasteiger partial charge in [-0.05, 0) is 40.5 Å². The van der Waals surface area contributed by atoms with Gasteiger partial charge in [0.1, 0.15) is 22.5 Å². The van der Waals surface area contributed by atoms with Crippen molar-refractivity contribution in [3.05, 3.63) is 45.5 Å². The number of aryl methyl sites for hydroxylation is 1. The summed E-state index contributed by atoms with van der Waals surface area (Å²) in [6.45, 7) is 2.03. The van der Waals surface area contributed by atoms with Gasteiger partial charge in [0.2, 0.25) is 5.88 Å². The van der Waals surface area contributed by atoms with E-state index in [1.165, 1.54) is 24.3 Å². The maximum Gasteiger partial charge on any atom is 0.224 e. The number of aromatic nitrogens is 2. The zero-order valence-electron chi connectivity index (χ0n) is 10.2. The molecule has 1 heterocycles. The molecular weight excluding hydrogens is 335 g/mol. The van der Waals surface area contributed by atoms with Crippen molar-refractivity contribution < 1.29 is 9.13 Å². The molecule has 0 aliphatic heterocycles. The molecular formula is C13H11BrClFN2O. The van der Waals surface area contributed by atoms with Gasteiger partial charge in [0, 0.05) is 12.5 Å². The summed E-state index contributed by atoms with van der Waals surface area (Å²) in [6.07, 6.45) is 1.64. The van der Waals surface area contributed by atoms with Crippen molar-refractivity contribution in [3.8, 4) is 11.6 Å². The number of benzene rings is 1. The van der Waals surface area contributed by atoms with Crippen molar-refractivity contribution in [1.82, 2.24) is 9.97 Å². The maximum atomic E-state index is 13.1. The molecule has 0 atom stereocenters.